The number of amides is 1. The maximum Gasteiger partial charge on any atom is 0.339 e. The molecule has 0 bridgehead atoms. The van der Waals surface area contributed by atoms with Crippen LogP contribution in [0.3, 0.4) is 0 Å². The van der Waals surface area contributed by atoms with Gasteiger partial charge < -0.3 is 15.2 Å². The lowest BCUT2D eigenvalue weighted by molar-refractivity contribution is 0.0693. The van der Waals surface area contributed by atoms with E-state index in [4.69, 9.17) is 9.84 Å². The molecular formula is C14H11BrN2O4. The first-order chi connectivity index (χ1) is 10.0. The molecule has 2 N–H and O–H groups in total. The number of aromatic nitrogens is 1. The van der Waals surface area contributed by atoms with Crippen molar-refractivity contribution in [1.82, 2.24) is 4.98 Å². The van der Waals surface area contributed by atoms with Crippen LogP contribution in [0.4, 0.5) is 5.69 Å². The third-order valence-corrected chi connectivity index (χ3v) is 3.09. The van der Waals surface area contributed by atoms with E-state index in [0.717, 1.165) is 0 Å². The highest BCUT2D eigenvalue weighted by molar-refractivity contribution is 9.10. The summed E-state index contributed by atoms with van der Waals surface area (Å²) in [6, 6.07) is 5.95. The Morgan fingerprint density at radius 1 is 1.29 bits per heavy atom. The molecule has 0 aliphatic heterocycles. The summed E-state index contributed by atoms with van der Waals surface area (Å²) in [5.41, 5.74) is 0.840. The van der Waals surface area contributed by atoms with Crippen molar-refractivity contribution in [3.8, 4) is 5.75 Å². The van der Waals surface area contributed by atoms with Crippen LogP contribution in [0.2, 0.25) is 0 Å². The number of nitrogens with one attached hydrogen (secondary N) is 1. The second-order valence-electron chi connectivity index (χ2n) is 4.07. The zero-order chi connectivity index (χ0) is 15.4. The summed E-state index contributed by atoms with van der Waals surface area (Å²) in [6.45, 7) is 0. The van der Waals surface area contributed by atoms with E-state index in [1.807, 2.05) is 0 Å². The first-order valence-electron chi connectivity index (χ1n) is 5.84. The lowest BCUT2D eigenvalue weighted by atomic mass is 10.1. The Hall–Kier alpha value is -2.41. The van der Waals surface area contributed by atoms with Crippen LogP contribution in [0.15, 0.2) is 41.1 Å². The number of hydrogen-bond acceptors (Lipinski definition) is 4. The van der Waals surface area contributed by atoms with Crippen molar-refractivity contribution < 1.29 is 19.4 Å². The van der Waals surface area contributed by atoms with Gasteiger partial charge in [-0.3, -0.25) is 9.78 Å². The molecule has 108 valence electrons. The minimum Gasteiger partial charge on any atom is -0.496 e. The molecule has 1 amide bonds. The molecule has 0 atom stereocenters. The Morgan fingerprint density at radius 3 is 2.67 bits per heavy atom. The van der Waals surface area contributed by atoms with E-state index in [1.54, 1.807) is 12.3 Å². The van der Waals surface area contributed by atoms with Crippen LogP contribution >= 0.6 is 15.9 Å². The number of methoxy groups -OCH3 is 1. The first kappa shape index (κ1) is 15.0. The highest BCUT2D eigenvalue weighted by Gasteiger charge is 2.13. The van der Waals surface area contributed by atoms with Crippen LogP contribution in [-0.4, -0.2) is 29.1 Å². The SMILES string of the molecule is COc1cc(NC(=O)c2cncc(Br)c2)ccc1C(=O)O. The largest absolute Gasteiger partial charge is 0.496 e. The van der Waals surface area contributed by atoms with E-state index >= 15 is 0 Å². The van der Waals surface area contributed by atoms with Crippen molar-refractivity contribution in [2.75, 3.05) is 12.4 Å². The Kier molecular flexibility index (Phi) is 4.54. The monoisotopic (exact) mass is 350 g/mol. The van der Waals surface area contributed by atoms with Crippen LogP contribution in [0.25, 0.3) is 0 Å². The number of rotatable bonds is 4. The van der Waals surface area contributed by atoms with Crippen molar-refractivity contribution in [2.45, 2.75) is 0 Å². The molecule has 1 aromatic heterocycles. The topological polar surface area (TPSA) is 88.5 Å². The number of benzene rings is 1. The molecule has 0 spiro atoms. The molecule has 6 nitrogen and oxygen atoms in total. The third-order valence-electron chi connectivity index (χ3n) is 2.66. The summed E-state index contributed by atoms with van der Waals surface area (Å²) < 4.78 is 5.69. The van der Waals surface area contributed by atoms with Gasteiger partial charge in [-0.1, -0.05) is 0 Å². The summed E-state index contributed by atoms with van der Waals surface area (Å²) in [5.74, 6) is -1.28. The van der Waals surface area contributed by atoms with Gasteiger partial charge >= 0.3 is 5.97 Å². The number of carboxylic acids is 1. The average Bonchev–Trinajstić information content (AvgIpc) is 2.46. The van der Waals surface area contributed by atoms with Gasteiger partial charge in [0, 0.05) is 28.6 Å². The highest BCUT2D eigenvalue weighted by Crippen LogP contribution is 2.23. The Bertz CT molecular complexity index is 703. The lowest BCUT2D eigenvalue weighted by Crippen LogP contribution is -2.12. The molecule has 0 aliphatic rings. The van der Waals surface area contributed by atoms with Crippen molar-refractivity contribution in [3.63, 3.8) is 0 Å². The summed E-state index contributed by atoms with van der Waals surface area (Å²) in [4.78, 5) is 27.0. The van der Waals surface area contributed by atoms with Crippen LogP contribution in [0.5, 0.6) is 5.75 Å². The number of hydrogen-bond donors (Lipinski definition) is 2. The summed E-state index contributed by atoms with van der Waals surface area (Å²) in [7, 11) is 1.37. The molecule has 2 rings (SSSR count). The Labute approximate surface area is 128 Å². The maximum atomic E-state index is 12.1. The predicted octanol–water partition coefficient (Wildman–Crippen LogP) is 2.80. The summed E-state index contributed by atoms with van der Waals surface area (Å²) >= 11 is 3.24. The van der Waals surface area contributed by atoms with Gasteiger partial charge in [-0.25, -0.2) is 4.79 Å². The normalized spacial score (nSPS) is 10.0. The minimum atomic E-state index is -1.10. The van der Waals surface area contributed by atoms with Gasteiger partial charge in [0.1, 0.15) is 11.3 Å². The van der Waals surface area contributed by atoms with Gasteiger partial charge in [-0.05, 0) is 34.1 Å². The molecular weight excluding hydrogens is 340 g/mol. The second kappa shape index (κ2) is 6.36. The number of nitrogens with zero attached hydrogens (tertiary/aromatic N) is 1. The number of ether oxygens (including phenoxy) is 1. The van der Waals surface area contributed by atoms with E-state index in [2.05, 4.69) is 26.2 Å². The molecule has 0 fully saturated rings. The number of halogens is 1. The number of carbonyl (C=O) groups excluding carboxylic acids is 1. The summed E-state index contributed by atoms with van der Waals surface area (Å²) in [6.07, 6.45) is 3.00. The average molecular weight is 351 g/mol. The van der Waals surface area contributed by atoms with Crippen LogP contribution in [-0.2, 0) is 0 Å². The van der Waals surface area contributed by atoms with Crippen LogP contribution in [0.1, 0.15) is 20.7 Å². The Balaban J connectivity index is 2.24. The molecule has 21 heavy (non-hydrogen) atoms. The van der Waals surface area contributed by atoms with Crippen molar-refractivity contribution in [2.24, 2.45) is 0 Å². The number of aromatic carboxylic acids is 1. The fourth-order valence-corrected chi connectivity index (χ4v) is 2.05. The molecule has 1 heterocycles. The Morgan fingerprint density at radius 2 is 2.05 bits per heavy atom. The van der Waals surface area contributed by atoms with Crippen LogP contribution < -0.4 is 10.1 Å². The highest BCUT2D eigenvalue weighted by atomic mass is 79.9. The first-order valence-corrected chi connectivity index (χ1v) is 6.64. The smallest absolute Gasteiger partial charge is 0.339 e. The third kappa shape index (κ3) is 3.57. The molecule has 7 heteroatoms. The van der Waals surface area contributed by atoms with E-state index in [1.165, 1.54) is 31.5 Å². The molecule has 2 aromatic rings. The predicted molar refractivity (Wildman–Crippen MR) is 79.8 cm³/mol. The van der Waals surface area contributed by atoms with Crippen LogP contribution in [0, 0.1) is 0 Å². The van der Waals surface area contributed by atoms with Gasteiger partial charge in [0.2, 0.25) is 0 Å². The number of carboxylic acid groups (broad SMARTS) is 1. The molecule has 0 unspecified atom stereocenters. The number of carbonyl (C=O) groups is 2. The minimum absolute atomic E-state index is 0.0274. The van der Waals surface area contributed by atoms with Gasteiger partial charge in [-0.2, -0.15) is 0 Å². The number of pyridine rings is 1. The lowest BCUT2D eigenvalue weighted by Gasteiger charge is -2.09. The second-order valence-corrected chi connectivity index (χ2v) is 4.98. The molecule has 0 saturated heterocycles. The number of anilines is 1. The van der Waals surface area contributed by atoms with E-state index in [-0.39, 0.29) is 17.2 Å². The van der Waals surface area contributed by atoms with Crippen molar-refractivity contribution >= 4 is 33.5 Å². The zero-order valence-corrected chi connectivity index (χ0v) is 12.5. The van der Waals surface area contributed by atoms with Gasteiger partial charge in [0.15, 0.2) is 0 Å². The fourth-order valence-electron chi connectivity index (χ4n) is 1.68. The fraction of sp³-hybridized carbons (Fsp3) is 0.0714. The molecule has 0 radical (unpaired) electrons. The van der Waals surface area contributed by atoms with E-state index < -0.39 is 5.97 Å². The van der Waals surface area contributed by atoms with Crippen molar-refractivity contribution in [1.29, 1.82) is 0 Å². The quantitative estimate of drug-likeness (QED) is 0.884. The maximum absolute atomic E-state index is 12.1. The zero-order valence-electron chi connectivity index (χ0n) is 11.0. The van der Waals surface area contributed by atoms with Gasteiger partial charge in [0.25, 0.3) is 5.91 Å². The van der Waals surface area contributed by atoms with Gasteiger partial charge in [-0.15, -0.1) is 0 Å². The standard InChI is InChI=1S/C14H11BrN2O4/c1-21-12-5-10(2-3-11(12)14(19)20)17-13(18)8-4-9(15)7-16-6-8/h2-7H,1H3,(H,17,18)(H,19,20). The molecule has 0 saturated carbocycles. The van der Waals surface area contributed by atoms with E-state index in [9.17, 15) is 9.59 Å². The molecule has 0 aliphatic carbocycles. The molecule has 1 aromatic carbocycles. The van der Waals surface area contributed by atoms with E-state index in [0.29, 0.717) is 15.7 Å². The van der Waals surface area contributed by atoms with Crippen molar-refractivity contribution in [3.05, 3.63) is 52.3 Å². The van der Waals surface area contributed by atoms with Gasteiger partial charge in [0.05, 0.1) is 12.7 Å². The summed E-state index contributed by atoms with van der Waals surface area (Å²) in [5, 5.41) is 11.7.